The summed E-state index contributed by atoms with van der Waals surface area (Å²) >= 11 is 0. The number of aromatic amines is 1. The zero-order valence-electron chi connectivity index (χ0n) is 16.4. The largest absolute Gasteiger partial charge is 0.493 e. The number of amides is 1. The zero-order chi connectivity index (χ0) is 20.4. The van der Waals surface area contributed by atoms with E-state index in [1.807, 2.05) is 36.4 Å². The van der Waals surface area contributed by atoms with Gasteiger partial charge in [0.05, 0.1) is 18.7 Å². The SMILES string of the molecule is CN(C)C(=O)c1cc(-c2cn[nH]n2)ccc1CC(=O)C1COc2ccccc2C1. The number of aromatic nitrogens is 3. The molecule has 4 rings (SSSR count). The van der Waals surface area contributed by atoms with E-state index >= 15 is 0 Å². The molecule has 0 fully saturated rings. The Hall–Kier alpha value is -3.48. The van der Waals surface area contributed by atoms with Gasteiger partial charge in [0.1, 0.15) is 17.2 Å². The molecule has 2 aromatic carbocycles. The van der Waals surface area contributed by atoms with E-state index in [4.69, 9.17) is 4.74 Å². The van der Waals surface area contributed by atoms with Crippen molar-refractivity contribution >= 4 is 11.7 Å². The average Bonchev–Trinajstić information content (AvgIpc) is 3.28. The molecule has 29 heavy (non-hydrogen) atoms. The van der Waals surface area contributed by atoms with Gasteiger partial charge in [0.25, 0.3) is 5.91 Å². The number of nitrogens with one attached hydrogen (secondary N) is 1. The van der Waals surface area contributed by atoms with Gasteiger partial charge in [-0.2, -0.15) is 15.4 Å². The fourth-order valence-electron chi connectivity index (χ4n) is 3.54. The molecular weight excluding hydrogens is 368 g/mol. The van der Waals surface area contributed by atoms with Crippen LogP contribution in [0.25, 0.3) is 11.3 Å². The summed E-state index contributed by atoms with van der Waals surface area (Å²) in [6.07, 6.45) is 2.44. The number of H-pyrrole nitrogens is 1. The number of rotatable bonds is 5. The maximum atomic E-state index is 13.0. The van der Waals surface area contributed by atoms with Crippen LogP contribution in [-0.2, 0) is 17.6 Å². The predicted octanol–water partition coefficient (Wildman–Crippen LogP) is 2.54. The summed E-state index contributed by atoms with van der Waals surface area (Å²) in [7, 11) is 3.39. The second-order valence-corrected chi connectivity index (χ2v) is 7.39. The number of ketones is 1. The van der Waals surface area contributed by atoms with E-state index < -0.39 is 0 Å². The van der Waals surface area contributed by atoms with E-state index in [-0.39, 0.29) is 24.0 Å². The first-order valence-electron chi connectivity index (χ1n) is 9.47. The Morgan fingerprint density at radius 1 is 1.21 bits per heavy atom. The minimum Gasteiger partial charge on any atom is -0.493 e. The van der Waals surface area contributed by atoms with Crippen molar-refractivity contribution in [2.45, 2.75) is 12.8 Å². The maximum absolute atomic E-state index is 13.0. The number of hydrogen-bond donors (Lipinski definition) is 1. The van der Waals surface area contributed by atoms with Crippen LogP contribution in [0, 0.1) is 5.92 Å². The van der Waals surface area contributed by atoms with Crippen LogP contribution in [0.15, 0.2) is 48.7 Å². The normalized spacial score (nSPS) is 15.3. The fourth-order valence-corrected chi connectivity index (χ4v) is 3.54. The van der Waals surface area contributed by atoms with Crippen LogP contribution >= 0.6 is 0 Å². The number of ether oxygens (including phenoxy) is 1. The third kappa shape index (κ3) is 3.89. The van der Waals surface area contributed by atoms with E-state index in [1.54, 1.807) is 26.4 Å². The molecule has 148 valence electrons. The Labute approximate surface area is 168 Å². The van der Waals surface area contributed by atoms with E-state index in [9.17, 15) is 9.59 Å². The Morgan fingerprint density at radius 3 is 2.79 bits per heavy atom. The number of benzene rings is 2. The quantitative estimate of drug-likeness (QED) is 0.723. The van der Waals surface area contributed by atoms with E-state index in [0.717, 1.165) is 16.9 Å². The molecule has 3 aromatic rings. The summed E-state index contributed by atoms with van der Waals surface area (Å²) in [4.78, 5) is 27.3. The van der Waals surface area contributed by atoms with Gasteiger partial charge in [-0.25, -0.2) is 0 Å². The second kappa shape index (κ2) is 7.87. The second-order valence-electron chi connectivity index (χ2n) is 7.39. The Morgan fingerprint density at radius 2 is 2.03 bits per heavy atom. The van der Waals surface area contributed by atoms with Crippen molar-refractivity contribution in [3.8, 4) is 17.0 Å². The van der Waals surface area contributed by atoms with Crippen molar-refractivity contribution in [3.05, 3.63) is 65.4 Å². The van der Waals surface area contributed by atoms with Crippen molar-refractivity contribution in [3.63, 3.8) is 0 Å². The van der Waals surface area contributed by atoms with E-state index in [0.29, 0.717) is 29.8 Å². The van der Waals surface area contributed by atoms with Gasteiger partial charge in [-0.3, -0.25) is 9.59 Å². The van der Waals surface area contributed by atoms with Crippen LogP contribution in [0.2, 0.25) is 0 Å². The lowest BCUT2D eigenvalue weighted by molar-refractivity contribution is -0.123. The molecule has 0 spiro atoms. The van der Waals surface area contributed by atoms with Gasteiger partial charge in [-0.1, -0.05) is 30.3 Å². The van der Waals surface area contributed by atoms with Crippen LogP contribution in [0.3, 0.4) is 0 Å². The third-order valence-electron chi connectivity index (χ3n) is 5.16. The molecule has 0 aliphatic carbocycles. The molecule has 1 N–H and O–H groups in total. The topological polar surface area (TPSA) is 88.2 Å². The van der Waals surface area contributed by atoms with Crippen molar-refractivity contribution in [1.29, 1.82) is 0 Å². The van der Waals surface area contributed by atoms with Gasteiger partial charge in [0.15, 0.2) is 0 Å². The molecule has 1 aliphatic rings. The first-order valence-corrected chi connectivity index (χ1v) is 9.47. The minimum absolute atomic E-state index is 0.0708. The van der Waals surface area contributed by atoms with Crippen LogP contribution in [0.4, 0.5) is 0 Å². The molecule has 1 aromatic heterocycles. The van der Waals surface area contributed by atoms with Crippen LogP contribution in [0.1, 0.15) is 21.5 Å². The molecule has 7 heteroatoms. The van der Waals surface area contributed by atoms with Crippen LogP contribution in [-0.4, -0.2) is 52.7 Å². The summed E-state index contributed by atoms with van der Waals surface area (Å²) < 4.78 is 5.76. The summed E-state index contributed by atoms with van der Waals surface area (Å²) in [6, 6.07) is 13.3. The molecule has 1 unspecified atom stereocenters. The zero-order valence-corrected chi connectivity index (χ0v) is 16.4. The highest BCUT2D eigenvalue weighted by Crippen LogP contribution is 2.29. The summed E-state index contributed by atoms with van der Waals surface area (Å²) in [6.45, 7) is 0.365. The van der Waals surface area contributed by atoms with E-state index in [1.165, 1.54) is 4.90 Å². The minimum atomic E-state index is -0.220. The highest BCUT2D eigenvalue weighted by Gasteiger charge is 2.27. The number of hydrogen-bond acceptors (Lipinski definition) is 5. The number of fused-ring (bicyclic) bond motifs is 1. The third-order valence-corrected chi connectivity index (χ3v) is 5.16. The van der Waals surface area contributed by atoms with Crippen molar-refractivity contribution in [1.82, 2.24) is 20.3 Å². The molecule has 0 bridgehead atoms. The maximum Gasteiger partial charge on any atom is 0.253 e. The molecule has 1 aliphatic heterocycles. The monoisotopic (exact) mass is 390 g/mol. The molecule has 1 atom stereocenters. The summed E-state index contributed by atoms with van der Waals surface area (Å²) in [5.74, 6) is 0.546. The smallest absolute Gasteiger partial charge is 0.253 e. The lowest BCUT2D eigenvalue weighted by atomic mass is 9.88. The highest BCUT2D eigenvalue weighted by molar-refractivity contribution is 5.98. The molecule has 0 saturated carbocycles. The highest BCUT2D eigenvalue weighted by atomic mass is 16.5. The van der Waals surface area contributed by atoms with Crippen molar-refractivity contribution in [2.24, 2.45) is 5.92 Å². The number of Topliss-reactive ketones (excluding diaryl/α,β-unsaturated/α-hetero) is 1. The first-order chi connectivity index (χ1) is 14.0. The molecule has 7 nitrogen and oxygen atoms in total. The number of carbonyl (C=O) groups excluding carboxylic acids is 2. The van der Waals surface area contributed by atoms with Gasteiger partial charge in [-0.05, 0) is 29.7 Å². The number of nitrogens with zero attached hydrogens (tertiary/aromatic N) is 3. The molecule has 0 radical (unpaired) electrons. The molecule has 0 saturated heterocycles. The van der Waals surface area contributed by atoms with Gasteiger partial charge in [0.2, 0.25) is 0 Å². The Kier molecular flexibility index (Phi) is 5.12. The van der Waals surface area contributed by atoms with Crippen molar-refractivity contribution in [2.75, 3.05) is 20.7 Å². The Bertz CT molecular complexity index is 1040. The van der Waals surface area contributed by atoms with Gasteiger partial charge in [0, 0.05) is 31.6 Å². The molecular formula is C22H22N4O3. The van der Waals surface area contributed by atoms with Gasteiger partial charge < -0.3 is 9.64 Å². The van der Waals surface area contributed by atoms with Crippen LogP contribution < -0.4 is 4.74 Å². The first kappa shape index (κ1) is 18.9. The van der Waals surface area contributed by atoms with Gasteiger partial charge >= 0.3 is 0 Å². The Balaban J connectivity index is 1.59. The van der Waals surface area contributed by atoms with Crippen LogP contribution in [0.5, 0.6) is 5.75 Å². The van der Waals surface area contributed by atoms with Gasteiger partial charge in [-0.15, -0.1) is 0 Å². The lowest BCUT2D eigenvalue weighted by Crippen LogP contribution is -2.30. The predicted molar refractivity (Wildman–Crippen MR) is 108 cm³/mol. The average molecular weight is 390 g/mol. The number of para-hydroxylation sites is 1. The standard InChI is InChI=1S/C22H22N4O3/c1-26(2)22(28)18-10-15(19-12-23-25-24-19)8-7-14(18)11-20(27)17-9-16-5-3-4-6-21(16)29-13-17/h3-8,10,12,17H,9,11,13H2,1-2H3,(H,23,24,25). The van der Waals surface area contributed by atoms with E-state index in [2.05, 4.69) is 15.4 Å². The molecule has 2 heterocycles. The number of carbonyl (C=O) groups is 2. The van der Waals surface area contributed by atoms with Crippen molar-refractivity contribution < 1.29 is 14.3 Å². The lowest BCUT2D eigenvalue weighted by Gasteiger charge is -2.24. The molecule has 1 amide bonds. The fraction of sp³-hybridized carbons (Fsp3) is 0.273. The summed E-state index contributed by atoms with van der Waals surface area (Å²) in [5.41, 5.74) is 3.67. The summed E-state index contributed by atoms with van der Waals surface area (Å²) in [5, 5.41) is 10.5.